The smallest absolute Gasteiger partial charge is 0.320 e. The molecule has 0 bridgehead atoms. The highest BCUT2D eigenvalue weighted by Gasteiger charge is 2.39. The van der Waals surface area contributed by atoms with Crippen molar-refractivity contribution in [2.75, 3.05) is 26.2 Å². The van der Waals surface area contributed by atoms with E-state index in [0.717, 1.165) is 0 Å². The first kappa shape index (κ1) is 15.1. The minimum absolute atomic E-state index is 0.0236. The van der Waals surface area contributed by atoms with Gasteiger partial charge in [-0.25, -0.2) is 4.79 Å². The van der Waals surface area contributed by atoms with E-state index in [4.69, 9.17) is 5.11 Å². The van der Waals surface area contributed by atoms with Crippen molar-refractivity contribution in [1.29, 1.82) is 0 Å². The number of amides is 2. The summed E-state index contributed by atoms with van der Waals surface area (Å²) in [4.78, 5) is 26.9. The minimum Gasteiger partial charge on any atom is -0.480 e. The van der Waals surface area contributed by atoms with Gasteiger partial charge in [-0.3, -0.25) is 9.69 Å². The van der Waals surface area contributed by atoms with E-state index in [9.17, 15) is 9.59 Å². The highest BCUT2D eigenvalue weighted by Crippen LogP contribution is 2.39. The fourth-order valence-electron chi connectivity index (χ4n) is 2.73. The Morgan fingerprint density at radius 3 is 2.20 bits per heavy atom. The van der Waals surface area contributed by atoms with Crippen molar-refractivity contribution in [3.63, 3.8) is 0 Å². The van der Waals surface area contributed by atoms with Crippen LogP contribution in [0.3, 0.4) is 0 Å². The Labute approximate surface area is 120 Å². The molecule has 0 radical (unpaired) electrons. The molecule has 1 aliphatic heterocycles. The number of carbonyl (C=O) groups excluding carboxylic acids is 1. The molecule has 0 spiro atoms. The van der Waals surface area contributed by atoms with Crippen LogP contribution in [0.1, 0.15) is 33.6 Å². The van der Waals surface area contributed by atoms with Crippen LogP contribution < -0.4 is 5.32 Å². The van der Waals surface area contributed by atoms with Crippen LogP contribution in [0.2, 0.25) is 0 Å². The second-order valence-electron chi connectivity index (χ2n) is 6.46. The zero-order valence-electron chi connectivity index (χ0n) is 12.6. The summed E-state index contributed by atoms with van der Waals surface area (Å²) in [5.74, 6) is -0.211. The highest BCUT2D eigenvalue weighted by molar-refractivity contribution is 5.75. The summed E-state index contributed by atoms with van der Waals surface area (Å²) in [6.07, 6.45) is 2.38. The van der Waals surface area contributed by atoms with Crippen molar-refractivity contribution in [2.24, 2.45) is 5.92 Å². The van der Waals surface area contributed by atoms with Crippen molar-refractivity contribution in [3.05, 3.63) is 0 Å². The maximum Gasteiger partial charge on any atom is 0.320 e. The Kier molecular flexibility index (Phi) is 4.22. The van der Waals surface area contributed by atoms with Crippen molar-refractivity contribution < 1.29 is 14.7 Å². The fourth-order valence-corrected chi connectivity index (χ4v) is 2.73. The molecule has 2 rings (SSSR count). The first-order valence-corrected chi connectivity index (χ1v) is 7.35. The third-order valence-electron chi connectivity index (χ3n) is 4.53. The Hall–Kier alpha value is -1.30. The van der Waals surface area contributed by atoms with Crippen LogP contribution in [0.5, 0.6) is 0 Å². The van der Waals surface area contributed by atoms with Crippen molar-refractivity contribution in [1.82, 2.24) is 15.1 Å². The summed E-state index contributed by atoms with van der Waals surface area (Å²) >= 11 is 0. The summed E-state index contributed by atoms with van der Waals surface area (Å²) in [6.45, 7) is 8.24. The van der Waals surface area contributed by atoms with E-state index < -0.39 is 12.0 Å². The predicted molar refractivity (Wildman–Crippen MR) is 75.6 cm³/mol. The normalized spacial score (nSPS) is 22.4. The van der Waals surface area contributed by atoms with Crippen molar-refractivity contribution in [3.8, 4) is 0 Å². The Bertz CT molecular complexity index is 385. The van der Waals surface area contributed by atoms with Gasteiger partial charge in [0.1, 0.15) is 6.04 Å². The van der Waals surface area contributed by atoms with Gasteiger partial charge in [-0.1, -0.05) is 0 Å². The summed E-state index contributed by atoms with van der Waals surface area (Å²) in [5.41, 5.74) is -0.136. The van der Waals surface area contributed by atoms with Crippen LogP contribution >= 0.6 is 0 Å². The molecule has 114 valence electrons. The number of hydrogen-bond donors (Lipinski definition) is 2. The molecule has 1 unspecified atom stereocenters. The molecule has 20 heavy (non-hydrogen) atoms. The molecular weight excluding hydrogens is 258 g/mol. The van der Waals surface area contributed by atoms with Crippen molar-refractivity contribution >= 4 is 12.0 Å². The topological polar surface area (TPSA) is 72.9 Å². The molecule has 2 N–H and O–H groups in total. The maximum absolute atomic E-state index is 12.2. The number of piperazine rings is 1. The van der Waals surface area contributed by atoms with Crippen LogP contribution in [-0.4, -0.2) is 64.7 Å². The lowest BCUT2D eigenvalue weighted by atomic mass is 9.99. The van der Waals surface area contributed by atoms with Gasteiger partial charge in [0, 0.05) is 31.7 Å². The van der Waals surface area contributed by atoms with Crippen LogP contribution in [0.4, 0.5) is 4.79 Å². The molecule has 1 saturated heterocycles. The third-order valence-corrected chi connectivity index (χ3v) is 4.53. The molecule has 1 saturated carbocycles. The molecule has 1 aliphatic carbocycles. The fraction of sp³-hybridized carbons (Fsp3) is 0.857. The molecular formula is C14H25N3O3. The largest absolute Gasteiger partial charge is 0.480 e. The van der Waals surface area contributed by atoms with Gasteiger partial charge < -0.3 is 15.3 Å². The standard InChI is InChI=1S/C14H25N3O3/c1-10(12(18)19)16-6-8-17(9-7-16)13(20)15-14(2,3)11-4-5-11/h10-11H,4-9H2,1-3H3,(H,15,20)(H,18,19). The van der Waals surface area contributed by atoms with E-state index in [-0.39, 0.29) is 11.6 Å². The lowest BCUT2D eigenvalue weighted by Crippen LogP contribution is -2.58. The van der Waals surface area contributed by atoms with Crippen molar-refractivity contribution in [2.45, 2.75) is 45.2 Å². The van der Waals surface area contributed by atoms with Crippen LogP contribution in [0, 0.1) is 5.92 Å². The molecule has 2 aliphatic rings. The number of carboxylic acid groups (broad SMARTS) is 1. The molecule has 2 amide bonds. The Morgan fingerprint density at radius 2 is 1.75 bits per heavy atom. The molecule has 6 nitrogen and oxygen atoms in total. The van der Waals surface area contributed by atoms with E-state index in [1.165, 1.54) is 12.8 Å². The molecule has 2 fully saturated rings. The number of carbonyl (C=O) groups is 2. The van der Waals surface area contributed by atoms with Gasteiger partial charge >= 0.3 is 12.0 Å². The minimum atomic E-state index is -0.808. The van der Waals surface area contributed by atoms with E-state index >= 15 is 0 Å². The molecule has 6 heteroatoms. The van der Waals surface area contributed by atoms with Gasteiger partial charge in [-0.05, 0) is 39.5 Å². The van der Waals surface area contributed by atoms with Crippen LogP contribution in [0.15, 0.2) is 0 Å². The molecule has 1 heterocycles. The second kappa shape index (κ2) is 5.60. The van der Waals surface area contributed by atoms with Crippen LogP contribution in [0.25, 0.3) is 0 Å². The number of nitrogens with zero attached hydrogens (tertiary/aromatic N) is 2. The second-order valence-corrected chi connectivity index (χ2v) is 6.46. The van der Waals surface area contributed by atoms with E-state index in [0.29, 0.717) is 32.1 Å². The first-order chi connectivity index (χ1) is 9.31. The average Bonchev–Trinajstić information content (AvgIpc) is 3.22. The number of carboxylic acids is 1. The zero-order chi connectivity index (χ0) is 14.9. The number of aliphatic carboxylic acids is 1. The Morgan fingerprint density at radius 1 is 1.20 bits per heavy atom. The predicted octanol–water partition coefficient (Wildman–Crippen LogP) is 0.975. The van der Waals surface area contributed by atoms with Gasteiger partial charge in [-0.15, -0.1) is 0 Å². The molecule has 0 aromatic heterocycles. The summed E-state index contributed by atoms with van der Waals surface area (Å²) in [5, 5.41) is 12.1. The summed E-state index contributed by atoms with van der Waals surface area (Å²) < 4.78 is 0. The summed E-state index contributed by atoms with van der Waals surface area (Å²) in [6, 6.07) is -0.507. The van der Waals surface area contributed by atoms with Gasteiger partial charge in [0.25, 0.3) is 0 Å². The van der Waals surface area contributed by atoms with Gasteiger partial charge in [0.05, 0.1) is 0 Å². The lowest BCUT2D eigenvalue weighted by Gasteiger charge is -2.38. The van der Waals surface area contributed by atoms with Gasteiger partial charge in [-0.2, -0.15) is 0 Å². The number of urea groups is 1. The van der Waals surface area contributed by atoms with E-state index in [1.807, 2.05) is 4.90 Å². The molecule has 1 atom stereocenters. The molecule has 0 aromatic rings. The average molecular weight is 283 g/mol. The van der Waals surface area contributed by atoms with Gasteiger partial charge in [0.15, 0.2) is 0 Å². The zero-order valence-corrected chi connectivity index (χ0v) is 12.6. The van der Waals surface area contributed by atoms with Crippen LogP contribution in [-0.2, 0) is 4.79 Å². The Balaban J connectivity index is 1.81. The number of rotatable bonds is 4. The SMILES string of the molecule is CC(C(=O)O)N1CCN(C(=O)NC(C)(C)C2CC2)CC1. The number of nitrogens with one attached hydrogen (secondary N) is 1. The molecule has 0 aromatic carbocycles. The lowest BCUT2D eigenvalue weighted by molar-refractivity contribution is -0.143. The quantitative estimate of drug-likeness (QED) is 0.806. The third kappa shape index (κ3) is 3.42. The maximum atomic E-state index is 12.2. The van der Waals surface area contributed by atoms with Gasteiger partial charge in [0.2, 0.25) is 0 Å². The summed E-state index contributed by atoms with van der Waals surface area (Å²) in [7, 11) is 0. The first-order valence-electron chi connectivity index (χ1n) is 7.35. The van der Waals surface area contributed by atoms with E-state index in [1.54, 1.807) is 11.8 Å². The van der Waals surface area contributed by atoms with E-state index in [2.05, 4.69) is 19.2 Å². The monoisotopic (exact) mass is 283 g/mol. The highest BCUT2D eigenvalue weighted by atomic mass is 16.4. The number of hydrogen-bond acceptors (Lipinski definition) is 3.